The highest BCUT2D eigenvalue weighted by atomic mass is 16.5. The first-order chi connectivity index (χ1) is 11.2. The highest BCUT2D eigenvalue weighted by Gasteiger charge is 2.30. The van der Waals surface area contributed by atoms with Gasteiger partial charge in [0.05, 0.1) is 6.04 Å². The number of hydrogen-bond acceptors (Lipinski definition) is 3. The summed E-state index contributed by atoms with van der Waals surface area (Å²) in [6, 6.07) is 13.8. The molecule has 1 amide bonds. The number of likely N-dealkylation sites (tertiary alicyclic amines) is 1. The van der Waals surface area contributed by atoms with E-state index in [4.69, 9.17) is 4.74 Å². The van der Waals surface area contributed by atoms with Crippen molar-refractivity contribution < 1.29 is 14.6 Å². The number of fused-ring (bicyclic) bond motifs is 1. The Hall–Kier alpha value is -2.07. The van der Waals surface area contributed by atoms with Crippen LogP contribution in [-0.2, 0) is 4.79 Å². The molecular weight excluding hydrogens is 290 g/mol. The van der Waals surface area contributed by atoms with Gasteiger partial charge < -0.3 is 14.7 Å². The number of aliphatic hydroxyl groups excluding tert-OH is 1. The topological polar surface area (TPSA) is 49.8 Å². The SMILES string of the molecule is CC(=O)N1CCCCC1C(O)COc1cccc2ccccc12. The minimum atomic E-state index is -0.668. The summed E-state index contributed by atoms with van der Waals surface area (Å²) in [6.07, 6.45) is 2.21. The first-order valence-corrected chi connectivity index (χ1v) is 8.22. The Morgan fingerprint density at radius 1 is 1.26 bits per heavy atom. The van der Waals surface area contributed by atoms with Crippen LogP contribution in [0.3, 0.4) is 0 Å². The van der Waals surface area contributed by atoms with Gasteiger partial charge in [0.15, 0.2) is 0 Å². The van der Waals surface area contributed by atoms with E-state index in [-0.39, 0.29) is 18.6 Å². The van der Waals surface area contributed by atoms with E-state index in [9.17, 15) is 9.90 Å². The van der Waals surface area contributed by atoms with Gasteiger partial charge in [-0.05, 0) is 30.7 Å². The van der Waals surface area contributed by atoms with E-state index in [2.05, 4.69) is 0 Å². The number of benzene rings is 2. The van der Waals surface area contributed by atoms with E-state index in [1.54, 1.807) is 11.8 Å². The van der Waals surface area contributed by atoms with Crippen molar-refractivity contribution in [2.24, 2.45) is 0 Å². The Morgan fingerprint density at radius 2 is 2.04 bits per heavy atom. The molecule has 4 nitrogen and oxygen atoms in total. The highest BCUT2D eigenvalue weighted by molar-refractivity contribution is 5.88. The van der Waals surface area contributed by atoms with Crippen LogP contribution in [0.4, 0.5) is 0 Å². The third-order valence-corrected chi connectivity index (χ3v) is 4.56. The first-order valence-electron chi connectivity index (χ1n) is 8.22. The predicted octanol–water partition coefficient (Wildman–Crippen LogP) is 2.98. The Bertz CT molecular complexity index is 680. The van der Waals surface area contributed by atoms with Gasteiger partial charge in [0.25, 0.3) is 0 Å². The van der Waals surface area contributed by atoms with Crippen molar-refractivity contribution in [2.75, 3.05) is 13.2 Å². The smallest absolute Gasteiger partial charge is 0.219 e. The van der Waals surface area contributed by atoms with Crippen molar-refractivity contribution in [3.05, 3.63) is 42.5 Å². The summed E-state index contributed by atoms with van der Waals surface area (Å²) in [5, 5.41) is 12.7. The standard InChI is InChI=1S/C19H23NO3/c1-14(21)20-12-5-4-10-17(20)18(22)13-23-19-11-6-8-15-7-2-3-9-16(15)19/h2-3,6-9,11,17-18,22H,4-5,10,12-13H2,1H3. The third-order valence-electron chi connectivity index (χ3n) is 4.56. The van der Waals surface area contributed by atoms with Crippen LogP contribution in [0.25, 0.3) is 10.8 Å². The van der Waals surface area contributed by atoms with Crippen LogP contribution in [0, 0.1) is 0 Å². The second-order valence-corrected chi connectivity index (χ2v) is 6.13. The molecule has 1 fully saturated rings. The minimum absolute atomic E-state index is 0.0268. The number of hydrogen-bond donors (Lipinski definition) is 1. The fraction of sp³-hybridized carbons (Fsp3) is 0.421. The lowest BCUT2D eigenvalue weighted by Crippen LogP contribution is -2.50. The van der Waals surface area contributed by atoms with Crippen LogP contribution in [-0.4, -0.2) is 41.2 Å². The molecule has 0 bridgehead atoms. The molecule has 122 valence electrons. The van der Waals surface area contributed by atoms with Crippen LogP contribution in [0.5, 0.6) is 5.75 Å². The van der Waals surface area contributed by atoms with Crippen LogP contribution < -0.4 is 4.74 Å². The number of rotatable bonds is 4. The molecule has 1 saturated heterocycles. The van der Waals surface area contributed by atoms with Crippen molar-refractivity contribution >= 4 is 16.7 Å². The largest absolute Gasteiger partial charge is 0.490 e. The monoisotopic (exact) mass is 313 g/mol. The van der Waals surface area contributed by atoms with Gasteiger partial charge in [-0.3, -0.25) is 4.79 Å². The zero-order valence-electron chi connectivity index (χ0n) is 13.4. The molecule has 0 saturated carbocycles. The number of nitrogens with zero attached hydrogens (tertiary/aromatic N) is 1. The van der Waals surface area contributed by atoms with Crippen molar-refractivity contribution in [3.63, 3.8) is 0 Å². The molecule has 2 unspecified atom stereocenters. The van der Waals surface area contributed by atoms with E-state index in [1.807, 2.05) is 42.5 Å². The normalized spacial score (nSPS) is 19.6. The van der Waals surface area contributed by atoms with Crippen LogP contribution in [0.2, 0.25) is 0 Å². The van der Waals surface area contributed by atoms with E-state index < -0.39 is 6.10 Å². The van der Waals surface area contributed by atoms with Crippen molar-refractivity contribution in [1.82, 2.24) is 4.90 Å². The number of amides is 1. The van der Waals surface area contributed by atoms with Crippen molar-refractivity contribution in [3.8, 4) is 5.75 Å². The maximum absolute atomic E-state index is 11.7. The fourth-order valence-corrected chi connectivity index (χ4v) is 3.36. The molecule has 2 aromatic carbocycles. The first kappa shape index (κ1) is 15.8. The lowest BCUT2D eigenvalue weighted by atomic mass is 9.97. The molecule has 1 heterocycles. The number of ether oxygens (including phenoxy) is 1. The second-order valence-electron chi connectivity index (χ2n) is 6.13. The van der Waals surface area contributed by atoms with Crippen molar-refractivity contribution in [2.45, 2.75) is 38.3 Å². The number of carbonyl (C=O) groups is 1. The summed E-state index contributed by atoms with van der Waals surface area (Å²) in [4.78, 5) is 13.5. The summed E-state index contributed by atoms with van der Waals surface area (Å²) in [6.45, 7) is 2.49. The minimum Gasteiger partial charge on any atom is -0.490 e. The van der Waals surface area contributed by atoms with Gasteiger partial charge in [-0.15, -0.1) is 0 Å². The summed E-state index contributed by atoms with van der Waals surface area (Å²) in [5.41, 5.74) is 0. The molecule has 2 aromatic rings. The number of carbonyl (C=O) groups excluding carboxylic acids is 1. The average molecular weight is 313 g/mol. The van der Waals surface area contributed by atoms with Gasteiger partial charge in [0.2, 0.25) is 5.91 Å². The molecule has 3 rings (SSSR count). The Balaban J connectivity index is 1.70. The van der Waals surface area contributed by atoms with Crippen LogP contribution in [0.15, 0.2) is 42.5 Å². The van der Waals surface area contributed by atoms with E-state index >= 15 is 0 Å². The molecule has 1 aliphatic rings. The van der Waals surface area contributed by atoms with Gasteiger partial charge >= 0.3 is 0 Å². The lowest BCUT2D eigenvalue weighted by Gasteiger charge is -2.37. The molecule has 23 heavy (non-hydrogen) atoms. The molecule has 2 atom stereocenters. The quantitative estimate of drug-likeness (QED) is 0.944. The summed E-state index contributed by atoms with van der Waals surface area (Å²) < 4.78 is 5.87. The number of aliphatic hydroxyl groups is 1. The molecule has 0 aliphatic carbocycles. The molecule has 4 heteroatoms. The highest BCUT2D eigenvalue weighted by Crippen LogP contribution is 2.26. The van der Waals surface area contributed by atoms with Gasteiger partial charge in [0, 0.05) is 18.9 Å². The van der Waals surface area contributed by atoms with Crippen LogP contribution in [0.1, 0.15) is 26.2 Å². The molecule has 1 aliphatic heterocycles. The summed E-state index contributed by atoms with van der Waals surface area (Å²) >= 11 is 0. The molecule has 1 N–H and O–H groups in total. The van der Waals surface area contributed by atoms with Crippen molar-refractivity contribution in [1.29, 1.82) is 0 Å². The molecule has 0 radical (unpaired) electrons. The summed E-state index contributed by atoms with van der Waals surface area (Å²) in [5.74, 6) is 0.797. The zero-order valence-corrected chi connectivity index (χ0v) is 13.4. The lowest BCUT2D eigenvalue weighted by molar-refractivity contribution is -0.136. The fourth-order valence-electron chi connectivity index (χ4n) is 3.36. The second kappa shape index (κ2) is 7.01. The predicted molar refractivity (Wildman–Crippen MR) is 90.5 cm³/mol. The Morgan fingerprint density at radius 3 is 2.87 bits per heavy atom. The Kier molecular flexibility index (Phi) is 4.82. The zero-order chi connectivity index (χ0) is 16.2. The van der Waals surface area contributed by atoms with Gasteiger partial charge in [-0.25, -0.2) is 0 Å². The number of piperidine rings is 1. The Labute approximate surface area is 136 Å². The maximum atomic E-state index is 11.7. The van der Waals surface area contributed by atoms with E-state index in [1.165, 1.54) is 0 Å². The summed E-state index contributed by atoms with van der Waals surface area (Å²) in [7, 11) is 0. The average Bonchev–Trinajstić information content (AvgIpc) is 2.59. The van der Waals surface area contributed by atoms with Crippen LogP contribution >= 0.6 is 0 Å². The molecule has 0 spiro atoms. The van der Waals surface area contributed by atoms with Gasteiger partial charge in [-0.2, -0.15) is 0 Å². The molecular formula is C19H23NO3. The van der Waals surface area contributed by atoms with E-state index in [0.29, 0.717) is 0 Å². The van der Waals surface area contributed by atoms with Gasteiger partial charge in [0.1, 0.15) is 18.5 Å². The third kappa shape index (κ3) is 3.48. The van der Waals surface area contributed by atoms with Gasteiger partial charge in [-0.1, -0.05) is 36.4 Å². The van der Waals surface area contributed by atoms with E-state index in [0.717, 1.165) is 42.3 Å². The maximum Gasteiger partial charge on any atom is 0.219 e. The molecule has 0 aromatic heterocycles.